The lowest BCUT2D eigenvalue weighted by Crippen LogP contribution is -1.99. The third-order valence-corrected chi connectivity index (χ3v) is 4.79. The zero-order valence-electron chi connectivity index (χ0n) is 14.2. The molecule has 0 aliphatic heterocycles. The normalized spacial score (nSPS) is 11.2. The minimum absolute atomic E-state index is 0.0988. The standard InChI is InChI=1S/C19H16IN3O3/c1-12-9-14(13(2)22(12)16-5-3-15(20)4-6-16)11-21-18-10-17(23(25)26)7-8-19(18)24/h3-11,24H,1-2H3. The minimum atomic E-state index is -0.513. The zero-order valence-corrected chi connectivity index (χ0v) is 16.3. The fourth-order valence-corrected chi connectivity index (χ4v) is 3.13. The number of hydrogen-bond acceptors (Lipinski definition) is 4. The second kappa shape index (κ2) is 7.28. The van der Waals surface area contributed by atoms with E-state index in [0.717, 1.165) is 26.2 Å². The van der Waals surface area contributed by atoms with Crippen LogP contribution in [0.4, 0.5) is 11.4 Å². The van der Waals surface area contributed by atoms with Crippen molar-refractivity contribution in [3.05, 3.63) is 79.2 Å². The maximum Gasteiger partial charge on any atom is 0.271 e. The quantitative estimate of drug-likeness (QED) is 0.255. The summed E-state index contributed by atoms with van der Waals surface area (Å²) in [5.41, 5.74) is 4.04. The van der Waals surface area contributed by atoms with Crippen molar-refractivity contribution in [2.75, 3.05) is 0 Å². The van der Waals surface area contributed by atoms with Gasteiger partial charge in [-0.3, -0.25) is 15.1 Å². The van der Waals surface area contributed by atoms with Crippen molar-refractivity contribution >= 4 is 40.2 Å². The Kier molecular flexibility index (Phi) is 5.08. The molecule has 132 valence electrons. The molecule has 0 radical (unpaired) electrons. The fraction of sp³-hybridized carbons (Fsp3) is 0.105. The van der Waals surface area contributed by atoms with Crippen LogP contribution in [0, 0.1) is 27.5 Å². The first-order valence-corrected chi connectivity index (χ1v) is 8.91. The molecule has 0 unspecified atom stereocenters. The number of aliphatic imine (C=N–C) groups is 1. The first kappa shape index (κ1) is 18.1. The highest BCUT2D eigenvalue weighted by Crippen LogP contribution is 2.30. The Morgan fingerprint density at radius 2 is 1.85 bits per heavy atom. The molecule has 0 amide bonds. The van der Waals surface area contributed by atoms with E-state index in [4.69, 9.17) is 0 Å². The molecule has 26 heavy (non-hydrogen) atoms. The van der Waals surface area contributed by atoms with Crippen molar-refractivity contribution in [1.82, 2.24) is 4.57 Å². The van der Waals surface area contributed by atoms with Crippen molar-refractivity contribution in [2.45, 2.75) is 13.8 Å². The van der Waals surface area contributed by atoms with Crippen LogP contribution in [0.3, 0.4) is 0 Å². The summed E-state index contributed by atoms with van der Waals surface area (Å²) in [6, 6.07) is 14.0. The van der Waals surface area contributed by atoms with Crippen LogP contribution in [0.25, 0.3) is 5.69 Å². The molecule has 2 aromatic carbocycles. The number of phenolic OH excluding ortho intramolecular Hbond substituents is 1. The van der Waals surface area contributed by atoms with Crippen molar-refractivity contribution in [1.29, 1.82) is 0 Å². The molecule has 0 fully saturated rings. The minimum Gasteiger partial charge on any atom is -0.506 e. The molecule has 0 aliphatic rings. The van der Waals surface area contributed by atoms with E-state index in [1.807, 2.05) is 32.0 Å². The van der Waals surface area contributed by atoms with Crippen molar-refractivity contribution in [3.8, 4) is 11.4 Å². The number of rotatable bonds is 4. The molecule has 0 aliphatic carbocycles. The van der Waals surface area contributed by atoms with E-state index in [-0.39, 0.29) is 17.1 Å². The van der Waals surface area contributed by atoms with Crippen LogP contribution >= 0.6 is 22.6 Å². The number of aromatic hydroxyl groups is 1. The second-order valence-corrected chi connectivity index (χ2v) is 7.07. The van der Waals surface area contributed by atoms with Gasteiger partial charge in [-0.2, -0.15) is 0 Å². The highest BCUT2D eigenvalue weighted by atomic mass is 127. The number of nitrogens with zero attached hydrogens (tertiary/aromatic N) is 3. The third kappa shape index (κ3) is 3.62. The number of benzene rings is 2. The average molecular weight is 461 g/mol. The summed E-state index contributed by atoms with van der Waals surface area (Å²) in [5, 5.41) is 20.8. The molecule has 3 rings (SSSR count). The van der Waals surface area contributed by atoms with Gasteiger partial charge in [0.25, 0.3) is 5.69 Å². The third-order valence-electron chi connectivity index (χ3n) is 4.07. The molecular formula is C19H16IN3O3. The molecule has 0 spiro atoms. The van der Waals surface area contributed by atoms with E-state index >= 15 is 0 Å². The number of non-ortho nitro benzene ring substituents is 1. The number of nitro groups is 1. The fourth-order valence-electron chi connectivity index (χ4n) is 2.77. The summed E-state index contributed by atoms with van der Waals surface area (Å²) in [6.07, 6.45) is 1.62. The van der Waals surface area contributed by atoms with Crippen LogP contribution in [-0.2, 0) is 0 Å². The lowest BCUT2D eigenvalue weighted by molar-refractivity contribution is -0.384. The van der Waals surface area contributed by atoms with Gasteiger partial charge in [-0.05, 0) is 72.8 Å². The molecule has 7 heteroatoms. The van der Waals surface area contributed by atoms with Crippen LogP contribution in [0.15, 0.2) is 53.5 Å². The van der Waals surface area contributed by atoms with Gasteiger partial charge >= 0.3 is 0 Å². The summed E-state index contributed by atoms with van der Waals surface area (Å²) < 4.78 is 3.28. The van der Waals surface area contributed by atoms with Crippen molar-refractivity contribution < 1.29 is 10.0 Å². The number of nitro benzene ring substituents is 1. The maximum absolute atomic E-state index is 10.9. The molecule has 0 atom stereocenters. The Morgan fingerprint density at radius 3 is 2.50 bits per heavy atom. The van der Waals surface area contributed by atoms with Crippen LogP contribution < -0.4 is 0 Å². The number of halogens is 1. The second-order valence-electron chi connectivity index (χ2n) is 5.83. The average Bonchev–Trinajstić information content (AvgIpc) is 2.89. The molecule has 6 nitrogen and oxygen atoms in total. The van der Waals surface area contributed by atoms with E-state index in [0.29, 0.717) is 0 Å². The van der Waals surface area contributed by atoms with Crippen molar-refractivity contribution in [2.24, 2.45) is 4.99 Å². The lowest BCUT2D eigenvalue weighted by Gasteiger charge is -2.09. The Bertz CT molecular complexity index is 1010. The van der Waals surface area contributed by atoms with Crippen LogP contribution in [0.5, 0.6) is 5.75 Å². The van der Waals surface area contributed by atoms with Crippen LogP contribution in [-0.4, -0.2) is 20.8 Å². The first-order chi connectivity index (χ1) is 12.4. The van der Waals surface area contributed by atoms with Gasteiger partial charge in [0, 0.05) is 44.6 Å². The summed E-state index contributed by atoms with van der Waals surface area (Å²) in [6.45, 7) is 3.99. The molecule has 0 saturated carbocycles. The largest absolute Gasteiger partial charge is 0.506 e. The first-order valence-electron chi connectivity index (χ1n) is 7.83. The number of phenols is 1. The highest BCUT2D eigenvalue weighted by Gasteiger charge is 2.11. The molecule has 0 bridgehead atoms. The van der Waals surface area contributed by atoms with Gasteiger partial charge < -0.3 is 9.67 Å². The molecule has 1 N–H and O–H groups in total. The smallest absolute Gasteiger partial charge is 0.271 e. The summed E-state index contributed by atoms with van der Waals surface area (Å²) in [4.78, 5) is 14.6. The van der Waals surface area contributed by atoms with Gasteiger partial charge in [0.2, 0.25) is 0 Å². The topological polar surface area (TPSA) is 80.7 Å². The van der Waals surface area contributed by atoms with E-state index in [1.54, 1.807) is 6.21 Å². The SMILES string of the molecule is Cc1cc(C=Nc2cc([N+](=O)[O-])ccc2O)c(C)n1-c1ccc(I)cc1. The molecular weight excluding hydrogens is 445 g/mol. The maximum atomic E-state index is 10.9. The highest BCUT2D eigenvalue weighted by molar-refractivity contribution is 14.1. The van der Waals surface area contributed by atoms with Crippen molar-refractivity contribution in [3.63, 3.8) is 0 Å². The van der Waals surface area contributed by atoms with E-state index < -0.39 is 4.92 Å². The number of hydrogen-bond donors (Lipinski definition) is 1. The predicted octanol–water partition coefficient (Wildman–Crippen LogP) is 5.06. The number of aryl methyl sites for hydroxylation is 1. The van der Waals surface area contributed by atoms with Gasteiger partial charge in [0.1, 0.15) is 11.4 Å². The summed E-state index contributed by atoms with van der Waals surface area (Å²) >= 11 is 2.27. The van der Waals surface area contributed by atoms with Gasteiger partial charge in [-0.25, -0.2) is 0 Å². The van der Waals surface area contributed by atoms with E-state index in [1.165, 1.54) is 18.2 Å². The van der Waals surface area contributed by atoms with Crippen LogP contribution in [0.2, 0.25) is 0 Å². The summed E-state index contributed by atoms with van der Waals surface area (Å²) in [7, 11) is 0. The molecule has 1 aromatic heterocycles. The van der Waals surface area contributed by atoms with Gasteiger partial charge in [-0.15, -0.1) is 0 Å². The number of aromatic nitrogens is 1. The Hall–Kier alpha value is -2.68. The zero-order chi connectivity index (χ0) is 18.8. The van der Waals surface area contributed by atoms with Gasteiger partial charge in [0.15, 0.2) is 0 Å². The summed E-state index contributed by atoms with van der Waals surface area (Å²) in [5.74, 6) is -0.0988. The van der Waals surface area contributed by atoms with Gasteiger partial charge in [-0.1, -0.05) is 0 Å². The van der Waals surface area contributed by atoms with Crippen LogP contribution in [0.1, 0.15) is 17.0 Å². The predicted molar refractivity (Wildman–Crippen MR) is 110 cm³/mol. The Labute approximate surface area is 164 Å². The van der Waals surface area contributed by atoms with Gasteiger partial charge in [0.05, 0.1) is 4.92 Å². The molecule has 0 saturated heterocycles. The lowest BCUT2D eigenvalue weighted by atomic mass is 10.2. The van der Waals surface area contributed by atoms with E-state index in [9.17, 15) is 15.2 Å². The molecule has 1 heterocycles. The van der Waals surface area contributed by atoms with E-state index in [2.05, 4.69) is 44.3 Å². The Balaban J connectivity index is 1.98. The Morgan fingerprint density at radius 1 is 1.15 bits per heavy atom. The molecule has 3 aromatic rings. The monoisotopic (exact) mass is 461 g/mol.